The summed E-state index contributed by atoms with van der Waals surface area (Å²) in [6.07, 6.45) is 1.91. The number of hydrogen-bond donors (Lipinski definition) is 2. The van der Waals surface area contributed by atoms with Crippen molar-refractivity contribution in [3.8, 4) is 0 Å². The number of rotatable bonds is 11. The summed E-state index contributed by atoms with van der Waals surface area (Å²) in [6.45, 7) is 5.93. The number of hydrogen-bond acceptors (Lipinski definition) is 4. The van der Waals surface area contributed by atoms with Crippen molar-refractivity contribution in [2.24, 2.45) is 0 Å². The van der Waals surface area contributed by atoms with Crippen LogP contribution in [0.3, 0.4) is 0 Å². The molecule has 0 saturated carbocycles. The van der Waals surface area contributed by atoms with E-state index in [1.165, 1.54) is 0 Å². The van der Waals surface area contributed by atoms with Crippen LogP contribution in [0.4, 0.5) is 0 Å². The number of ether oxygens (including phenoxy) is 2. The third-order valence-corrected chi connectivity index (χ3v) is 2.00. The van der Waals surface area contributed by atoms with Crippen molar-refractivity contribution in [2.75, 3.05) is 46.6 Å². The first-order valence-electron chi connectivity index (χ1n) is 5.85. The van der Waals surface area contributed by atoms with E-state index in [9.17, 15) is 4.79 Å². The van der Waals surface area contributed by atoms with Crippen LogP contribution in [0.1, 0.15) is 19.8 Å². The second kappa shape index (κ2) is 12.4. The first-order chi connectivity index (χ1) is 7.81. The van der Waals surface area contributed by atoms with Gasteiger partial charge in [0.05, 0.1) is 19.8 Å². The summed E-state index contributed by atoms with van der Waals surface area (Å²) in [6, 6.07) is 0. The molecular formula is C11H24N2O3. The molecular weight excluding hydrogens is 208 g/mol. The average molecular weight is 232 g/mol. The van der Waals surface area contributed by atoms with Gasteiger partial charge in [-0.05, 0) is 19.4 Å². The Morgan fingerprint density at radius 2 is 2.00 bits per heavy atom. The number of nitrogens with one attached hydrogen (secondary N) is 2. The SMILES string of the molecule is CCNCC(=O)NCCCCOCCOC. The Hall–Kier alpha value is -0.650. The first kappa shape index (κ1) is 15.3. The molecule has 0 fully saturated rings. The van der Waals surface area contributed by atoms with E-state index >= 15 is 0 Å². The normalized spacial score (nSPS) is 10.4. The van der Waals surface area contributed by atoms with E-state index in [4.69, 9.17) is 9.47 Å². The molecule has 1 amide bonds. The van der Waals surface area contributed by atoms with Gasteiger partial charge in [-0.1, -0.05) is 6.92 Å². The van der Waals surface area contributed by atoms with E-state index in [1.54, 1.807) is 7.11 Å². The largest absolute Gasteiger partial charge is 0.382 e. The van der Waals surface area contributed by atoms with E-state index in [-0.39, 0.29) is 5.91 Å². The Kier molecular flexibility index (Phi) is 11.9. The summed E-state index contributed by atoms with van der Waals surface area (Å²) in [5, 5.41) is 5.81. The number of likely N-dealkylation sites (N-methyl/N-ethyl adjacent to an activating group) is 1. The maximum absolute atomic E-state index is 11.2. The molecule has 96 valence electrons. The van der Waals surface area contributed by atoms with Gasteiger partial charge >= 0.3 is 0 Å². The van der Waals surface area contributed by atoms with Crippen molar-refractivity contribution in [2.45, 2.75) is 19.8 Å². The van der Waals surface area contributed by atoms with Crippen LogP contribution in [-0.4, -0.2) is 52.5 Å². The minimum Gasteiger partial charge on any atom is -0.382 e. The molecule has 5 nitrogen and oxygen atoms in total. The Labute approximate surface area is 97.9 Å². The highest BCUT2D eigenvalue weighted by Gasteiger charge is 1.97. The Morgan fingerprint density at radius 3 is 2.69 bits per heavy atom. The van der Waals surface area contributed by atoms with Gasteiger partial charge in [0.2, 0.25) is 5.91 Å². The lowest BCUT2D eigenvalue weighted by atomic mass is 10.3. The van der Waals surface area contributed by atoms with Gasteiger partial charge in [-0.15, -0.1) is 0 Å². The van der Waals surface area contributed by atoms with Crippen LogP contribution in [0.2, 0.25) is 0 Å². The fourth-order valence-corrected chi connectivity index (χ4v) is 1.10. The summed E-state index contributed by atoms with van der Waals surface area (Å²) >= 11 is 0. The number of carbonyl (C=O) groups excluding carboxylic acids is 1. The van der Waals surface area contributed by atoms with Gasteiger partial charge in [0, 0.05) is 20.3 Å². The molecule has 5 heteroatoms. The smallest absolute Gasteiger partial charge is 0.233 e. The fourth-order valence-electron chi connectivity index (χ4n) is 1.10. The molecule has 0 aromatic heterocycles. The van der Waals surface area contributed by atoms with Crippen LogP contribution in [0.25, 0.3) is 0 Å². The van der Waals surface area contributed by atoms with Crippen LogP contribution in [0, 0.1) is 0 Å². The standard InChI is InChI=1S/C11H24N2O3/c1-3-12-10-11(14)13-6-4-5-7-16-9-8-15-2/h12H,3-10H2,1-2H3,(H,13,14). The van der Waals surface area contributed by atoms with Crippen molar-refractivity contribution in [3.05, 3.63) is 0 Å². The maximum Gasteiger partial charge on any atom is 0.233 e. The molecule has 0 rings (SSSR count). The van der Waals surface area contributed by atoms with Crippen molar-refractivity contribution in [1.29, 1.82) is 0 Å². The van der Waals surface area contributed by atoms with Gasteiger partial charge in [0.25, 0.3) is 0 Å². The zero-order chi connectivity index (χ0) is 12.1. The van der Waals surface area contributed by atoms with Crippen LogP contribution in [0.15, 0.2) is 0 Å². The Bertz CT molecular complexity index is 165. The molecule has 0 aliphatic carbocycles. The molecule has 0 spiro atoms. The van der Waals surface area contributed by atoms with Crippen LogP contribution in [-0.2, 0) is 14.3 Å². The summed E-state index contributed by atoms with van der Waals surface area (Å²) in [5.74, 6) is 0.0575. The maximum atomic E-state index is 11.2. The molecule has 0 saturated heterocycles. The average Bonchev–Trinajstić information content (AvgIpc) is 2.30. The van der Waals surface area contributed by atoms with E-state index in [1.807, 2.05) is 6.92 Å². The van der Waals surface area contributed by atoms with Crippen molar-refractivity contribution >= 4 is 5.91 Å². The molecule has 0 radical (unpaired) electrons. The van der Waals surface area contributed by atoms with Crippen LogP contribution >= 0.6 is 0 Å². The topological polar surface area (TPSA) is 59.6 Å². The highest BCUT2D eigenvalue weighted by atomic mass is 16.5. The summed E-state index contributed by atoms with van der Waals surface area (Å²) < 4.78 is 10.1. The molecule has 0 bridgehead atoms. The Balaban J connectivity index is 3.05. The number of unbranched alkanes of at least 4 members (excludes halogenated alkanes) is 1. The number of carbonyl (C=O) groups is 1. The number of amides is 1. The zero-order valence-corrected chi connectivity index (χ0v) is 10.4. The van der Waals surface area contributed by atoms with E-state index in [2.05, 4.69) is 10.6 Å². The lowest BCUT2D eigenvalue weighted by Gasteiger charge is -2.06. The molecule has 0 aromatic carbocycles. The van der Waals surface area contributed by atoms with E-state index in [0.717, 1.165) is 32.5 Å². The molecule has 2 N–H and O–H groups in total. The first-order valence-corrected chi connectivity index (χ1v) is 5.85. The second-order valence-electron chi connectivity index (χ2n) is 3.44. The molecule has 0 atom stereocenters. The monoisotopic (exact) mass is 232 g/mol. The molecule has 16 heavy (non-hydrogen) atoms. The van der Waals surface area contributed by atoms with Gasteiger partial charge in [-0.25, -0.2) is 0 Å². The third-order valence-electron chi connectivity index (χ3n) is 2.00. The van der Waals surface area contributed by atoms with Crippen molar-refractivity contribution < 1.29 is 14.3 Å². The third kappa shape index (κ3) is 11.4. The van der Waals surface area contributed by atoms with Crippen LogP contribution < -0.4 is 10.6 Å². The predicted molar refractivity (Wildman–Crippen MR) is 63.5 cm³/mol. The van der Waals surface area contributed by atoms with E-state index < -0.39 is 0 Å². The molecule has 0 unspecified atom stereocenters. The van der Waals surface area contributed by atoms with Crippen molar-refractivity contribution in [3.63, 3.8) is 0 Å². The van der Waals surface area contributed by atoms with Gasteiger partial charge in [-0.3, -0.25) is 4.79 Å². The van der Waals surface area contributed by atoms with Crippen LogP contribution in [0.5, 0.6) is 0 Å². The van der Waals surface area contributed by atoms with E-state index in [0.29, 0.717) is 19.8 Å². The molecule has 0 aromatic rings. The molecule has 0 aliphatic heterocycles. The zero-order valence-electron chi connectivity index (χ0n) is 10.4. The highest BCUT2D eigenvalue weighted by molar-refractivity contribution is 5.77. The van der Waals surface area contributed by atoms with Gasteiger partial charge in [-0.2, -0.15) is 0 Å². The minimum absolute atomic E-state index is 0.0575. The summed E-state index contributed by atoms with van der Waals surface area (Å²) in [7, 11) is 1.66. The van der Waals surface area contributed by atoms with Crippen molar-refractivity contribution in [1.82, 2.24) is 10.6 Å². The molecule has 0 heterocycles. The lowest BCUT2D eigenvalue weighted by Crippen LogP contribution is -2.34. The lowest BCUT2D eigenvalue weighted by molar-refractivity contribution is -0.120. The minimum atomic E-state index is 0.0575. The van der Waals surface area contributed by atoms with Gasteiger partial charge in [0.1, 0.15) is 0 Å². The number of methoxy groups -OCH3 is 1. The fraction of sp³-hybridized carbons (Fsp3) is 0.909. The summed E-state index contributed by atoms with van der Waals surface area (Å²) in [5.41, 5.74) is 0. The second-order valence-corrected chi connectivity index (χ2v) is 3.44. The molecule has 0 aliphatic rings. The van der Waals surface area contributed by atoms with Gasteiger partial charge < -0.3 is 20.1 Å². The van der Waals surface area contributed by atoms with Gasteiger partial charge in [0.15, 0.2) is 0 Å². The quantitative estimate of drug-likeness (QED) is 0.498. The Morgan fingerprint density at radius 1 is 1.19 bits per heavy atom. The summed E-state index contributed by atoms with van der Waals surface area (Å²) in [4.78, 5) is 11.2. The highest BCUT2D eigenvalue weighted by Crippen LogP contribution is 1.88. The predicted octanol–water partition coefficient (Wildman–Crippen LogP) is 0.155.